The predicted octanol–water partition coefficient (Wildman–Crippen LogP) is -0.249. The third-order valence-electron chi connectivity index (χ3n) is 2.53. The van der Waals surface area contributed by atoms with Gasteiger partial charge in [-0.15, -0.1) is 0 Å². The number of aliphatic hydroxyl groups is 1. The number of carbonyl (C=O) groups is 2. The maximum absolute atomic E-state index is 11.6. The first-order chi connectivity index (χ1) is 9.12. The minimum Gasteiger partial charge on any atom is -0.467 e. The van der Waals surface area contributed by atoms with E-state index >= 15 is 0 Å². The predicted molar refractivity (Wildman–Crippen MR) is 65.9 cm³/mol. The molecule has 19 heavy (non-hydrogen) atoms. The van der Waals surface area contributed by atoms with Gasteiger partial charge in [-0.25, -0.2) is 4.79 Å². The molecule has 0 aliphatic heterocycles. The molecule has 0 aromatic heterocycles. The SMILES string of the molecule is COC(=O)[C@@H](Cc1ccccc1C#N)NC(=O)CO. The van der Waals surface area contributed by atoms with Crippen molar-refractivity contribution in [1.29, 1.82) is 5.26 Å². The fraction of sp³-hybridized carbons (Fsp3) is 0.308. The molecule has 1 aromatic rings. The Morgan fingerprint density at radius 2 is 2.16 bits per heavy atom. The van der Waals surface area contributed by atoms with Crippen LogP contribution < -0.4 is 5.32 Å². The largest absolute Gasteiger partial charge is 0.467 e. The molecule has 0 aliphatic carbocycles. The maximum atomic E-state index is 11.6. The van der Waals surface area contributed by atoms with E-state index in [1.807, 2.05) is 6.07 Å². The number of benzene rings is 1. The summed E-state index contributed by atoms with van der Waals surface area (Å²) in [7, 11) is 1.20. The lowest BCUT2D eigenvalue weighted by Gasteiger charge is -2.16. The number of nitriles is 1. The number of rotatable bonds is 5. The van der Waals surface area contributed by atoms with Gasteiger partial charge in [0.05, 0.1) is 18.7 Å². The van der Waals surface area contributed by atoms with E-state index in [0.29, 0.717) is 11.1 Å². The number of hydrogen-bond acceptors (Lipinski definition) is 5. The first-order valence-electron chi connectivity index (χ1n) is 5.58. The van der Waals surface area contributed by atoms with Crippen LogP contribution in [0.4, 0.5) is 0 Å². The van der Waals surface area contributed by atoms with Crippen molar-refractivity contribution in [2.24, 2.45) is 0 Å². The second-order valence-electron chi connectivity index (χ2n) is 3.77. The summed E-state index contributed by atoms with van der Waals surface area (Å²) in [6.07, 6.45) is 0.127. The average Bonchev–Trinajstić information content (AvgIpc) is 2.45. The molecule has 2 N–H and O–H groups in total. The number of nitrogens with zero attached hydrogens (tertiary/aromatic N) is 1. The summed E-state index contributed by atoms with van der Waals surface area (Å²) in [5.74, 6) is -1.31. The molecule has 0 aliphatic rings. The Morgan fingerprint density at radius 1 is 1.47 bits per heavy atom. The van der Waals surface area contributed by atoms with Crippen molar-refractivity contribution < 1.29 is 19.4 Å². The molecule has 100 valence electrons. The van der Waals surface area contributed by atoms with Crippen molar-refractivity contribution in [2.75, 3.05) is 13.7 Å². The van der Waals surface area contributed by atoms with Crippen LogP contribution >= 0.6 is 0 Å². The molecular formula is C13H14N2O4. The summed E-state index contributed by atoms with van der Waals surface area (Å²) in [4.78, 5) is 22.7. The van der Waals surface area contributed by atoms with Gasteiger partial charge in [0, 0.05) is 6.42 Å². The van der Waals surface area contributed by atoms with E-state index in [2.05, 4.69) is 10.1 Å². The standard InChI is InChI=1S/C13H14N2O4/c1-19-13(18)11(15-12(17)8-16)6-9-4-2-3-5-10(9)7-14/h2-5,11,16H,6,8H2,1H3,(H,15,17)/t11-/m1/s1. The lowest BCUT2D eigenvalue weighted by molar-refractivity contribution is -0.145. The van der Waals surface area contributed by atoms with Crippen molar-refractivity contribution >= 4 is 11.9 Å². The minimum atomic E-state index is -0.931. The highest BCUT2D eigenvalue weighted by Crippen LogP contribution is 2.10. The summed E-state index contributed by atoms with van der Waals surface area (Å²) in [5, 5.41) is 20.0. The zero-order chi connectivity index (χ0) is 14.3. The molecule has 6 nitrogen and oxygen atoms in total. The number of aliphatic hydroxyl groups excluding tert-OH is 1. The number of amides is 1. The second-order valence-corrected chi connectivity index (χ2v) is 3.77. The molecule has 1 atom stereocenters. The fourth-order valence-electron chi connectivity index (χ4n) is 1.60. The van der Waals surface area contributed by atoms with Crippen LogP contribution in [0, 0.1) is 11.3 Å². The zero-order valence-electron chi connectivity index (χ0n) is 10.4. The van der Waals surface area contributed by atoms with Crippen molar-refractivity contribution in [2.45, 2.75) is 12.5 Å². The van der Waals surface area contributed by atoms with E-state index in [-0.39, 0.29) is 6.42 Å². The average molecular weight is 262 g/mol. The number of nitrogens with one attached hydrogen (secondary N) is 1. The van der Waals surface area contributed by atoms with Crippen LogP contribution in [0.1, 0.15) is 11.1 Å². The molecule has 0 radical (unpaired) electrons. The van der Waals surface area contributed by atoms with Gasteiger partial charge in [-0.1, -0.05) is 18.2 Å². The van der Waals surface area contributed by atoms with E-state index in [1.165, 1.54) is 7.11 Å². The number of ether oxygens (including phenoxy) is 1. The third kappa shape index (κ3) is 4.08. The molecule has 0 heterocycles. The lowest BCUT2D eigenvalue weighted by atomic mass is 10.0. The summed E-state index contributed by atoms with van der Waals surface area (Å²) in [6, 6.07) is 7.84. The molecule has 0 unspecified atom stereocenters. The fourth-order valence-corrected chi connectivity index (χ4v) is 1.60. The van der Waals surface area contributed by atoms with Gasteiger partial charge in [0.1, 0.15) is 12.6 Å². The monoisotopic (exact) mass is 262 g/mol. The molecule has 1 rings (SSSR count). The van der Waals surface area contributed by atoms with E-state index < -0.39 is 24.5 Å². The summed E-state index contributed by atoms with van der Waals surface area (Å²) in [6.45, 7) is -0.715. The Hall–Kier alpha value is -2.39. The summed E-state index contributed by atoms with van der Waals surface area (Å²) >= 11 is 0. The maximum Gasteiger partial charge on any atom is 0.328 e. The quantitative estimate of drug-likeness (QED) is 0.713. The number of methoxy groups -OCH3 is 1. The molecule has 0 saturated carbocycles. The minimum absolute atomic E-state index is 0.127. The number of esters is 1. The molecule has 6 heteroatoms. The molecule has 0 spiro atoms. The Balaban J connectivity index is 2.91. The van der Waals surface area contributed by atoms with Crippen molar-refractivity contribution in [1.82, 2.24) is 5.32 Å². The second kappa shape index (κ2) is 7.13. The van der Waals surface area contributed by atoms with Crippen LogP contribution in [0.2, 0.25) is 0 Å². The lowest BCUT2D eigenvalue weighted by Crippen LogP contribution is -2.44. The van der Waals surface area contributed by atoms with Gasteiger partial charge in [-0.05, 0) is 11.6 Å². The third-order valence-corrected chi connectivity index (χ3v) is 2.53. The van der Waals surface area contributed by atoms with Crippen LogP contribution in [0.3, 0.4) is 0 Å². The Morgan fingerprint density at radius 3 is 2.74 bits per heavy atom. The van der Waals surface area contributed by atoms with Crippen molar-refractivity contribution in [3.05, 3.63) is 35.4 Å². The van der Waals surface area contributed by atoms with Crippen LogP contribution in [0.25, 0.3) is 0 Å². The number of hydrogen-bond donors (Lipinski definition) is 2. The van der Waals surface area contributed by atoms with Crippen LogP contribution in [-0.2, 0) is 20.7 Å². The molecular weight excluding hydrogens is 248 g/mol. The zero-order valence-corrected chi connectivity index (χ0v) is 10.4. The van der Waals surface area contributed by atoms with Crippen LogP contribution in [0.15, 0.2) is 24.3 Å². The highest BCUT2D eigenvalue weighted by Gasteiger charge is 2.22. The first-order valence-corrected chi connectivity index (χ1v) is 5.58. The molecule has 0 saturated heterocycles. The molecule has 0 bridgehead atoms. The van der Waals surface area contributed by atoms with Gasteiger partial charge in [0.15, 0.2) is 0 Å². The van der Waals surface area contributed by atoms with Gasteiger partial charge in [0.25, 0.3) is 0 Å². The first kappa shape index (κ1) is 14.7. The Kier molecular flexibility index (Phi) is 5.51. The van der Waals surface area contributed by atoms with E-state index in [4.69, 9.17) is 10.4 Å². The highest BCUT2D eigenvalue weighted by molar-refractivity contribution is 5.85. The van der Waals surface area contributed by atoms with Gasteiger partial charge in [0.2, 0.25) is 5.91 Å². The van der Waals surface area contributed by atoms with Crippen molar-refractivity contribution in [3.8, 4) is 6.07 Å². The van der Waals surface area contributed by atoms with E-state index in [1.54, 1.807) is 24.3 Å². The molecule has 1 amide bonds. The Bertz CT molecular complexity index is 508. The van der Waals surface area contributed by atoms with Crippen LogP contribution in [-0.4, -0.2) is 36.7 Å². The Labute approximate surface area is 110 Å². The van der Waals surface area contributed by atoms with Gasteiger partial charge in [-0.3, -0.25) is 4.79 Å². The topological polar surface area (TPSA) is 99.4 Å². The smallest absolute Gasteiger partial charge is 0.328 e. The van der Waals surface area contributed by atoms with Crippen LogP contribution in [0.5, 0.6) is 0 Å². The van der Waals surface area contributed by atoms with E-state index in [0.717, 1.165) is 0 Å². The summed E-state index contributed by atoms with van der Waals surface area (Å²) in [5.41, 5.74) is 1.05. The van der Waals surface area contributed by atoms with Gasteiger partial charge in [-0.2, -0.15) is 5.26 Å². The van der Waals surface area contributed by atoms with Gasteiger partial charge >= 0.3 is 5.97 Å². The van der Waals surface area contributed by atoms with Gasteiger partial charge < -0.3 is 15.2 Å². The normalized spacial score (nSPS) is 11.2. The number of carbonyl (C=O) groups excluding carboxylic acids is 2. The van der Waals surface area contributed by atoms with E-state index in [9.17, 15) is 9.59 Å². The molecule has 1 aromatic carbocycles. The highest BCUT2D eigenvalue weighted by atomic mass is 16.5. The summed E-state index contributed by atoms with van der Waals surface area (Å²) < 4.78 is 4.59. The molecule has 0 fully saturated rings. The van der Waals surface area contributed by atoms with Crippen molar-refractivity contribution in [3.63, 3.8) is 0 Å².